The van der Waals surface area contributed by atoms with E-state index in [9.17, 15) is 17.6 Å². The topological polar surface area (TPSA) is 94.6 Å². The predicted molar refractivity (Wildman–Crippen MR) is 161 cm³/mol. The smallest absolute Gasteiger partial charge is 0.261 e. The number of aryl methyl sites for hydroxylation is 2. The van der Waals surface area contributed by atoms with Crippen LogP contribution in [0, 0.1) is 19.7 Å². The number of rotatable bonds is 8. The van der Waals surface area contributed by atoms with Crippen molar-refractivity contribution in [1.29, 1.82) is 0 Å². The SMILES string of the molecule is Cc1cc(C)c2nc(N3CCN(CCNC(=O)c4cccc(NS(=O)(=O)c5ccc(F)cc5)c4)CC3)sc2c1.Cl. The number of nitrogens with one attached hydrogen (secondary N) is 2. The third kappa shape index (κ3) is 6.90. The Balaban J connectivity index is 0.00000370. The molecular formula is C28H31ClFN5O3S2. The van der Waals surface area contributed by atoms with E-state index < -0.39 is 15.8 Å². The molecule has 3 aromatic carbocycles. The lowest BCUT2D eigenvalue weighted by atomic mass is 10.1. The predicted octanol–water partition coefficient (Wildman–Crippen LogP) is 4.83. The highest BCUT2D eigenvalue weighted by atomic mass is 35.5. The van der Waals surface area contributed by atoms with Crippen LogP contribution in [0.4, 0.5) is 15.2 Å². The number of sulfonamides is 1. The molecule has 0 atom stereocenters. The summed E-state index contributed by atoms with van der Waals surface area (Å²) in [5, 5.41) is 3.98. The van der Waals surface area contributed by atoms with Crippen molar-refractivity contribution in [2.45, 2.75) is 18.7 Å². The van der Waals surface area contributed by atoms with Gasteiger partial charge in [0.15, 0.2) is 5.13 Å². The molecule has 12 heteroatoms. The summed E-state index contributed by atoms with van der Waals surface area (Å²) in [4.78, 5) is 22.2. The van der Waals surface area contributed by atoms with E-state index in [1.807, 2.05) is 0 Å². The van der Waals surface area contributed by atoms with Gasteiger partial charge < -0.3 is 10.2 Å². The number of nitrogens with zero attached hydrogens (tertiary/aromatic N) is 3. The van der Waals surface area contributed by atoms with Gasteiger partial charge >= 0.3 is 0 Å². The van der Waals surface area contributed by atoms with Crippen LogP contribution in [0.5, 0.6) is 0 Å². The molecule has 1 aliphatic rings. The number of fused-ring (bicyclic) bond motifs is 1. The maximum absolute atomic E-state index is 13.1. The van der Waals surface area contributed by atoms with Gasteiger partial charge in [0.1, 0.15) is 5.82 Å². The Bertz CT molecular complexity index is 1600. The molecule has 0 unspecified atom stereocenters. The van der Waals surface area contributed by atoms with Crippen molar-refractivity contribution in [3.05, 3.63) is 83.2 Å². The van der Waals surface area contributed by atoms with Gasteiger partial charge in [-0.3, -0.25) is 14.4 Å². The molecule has 2 heterocycles. The number of thiazole rings is 1. The summed E-state index contributed by atoms with van der Waals surface area (Å²) >= 11 is 1.74. The zero-order valence-corrected chi connectivity index (χ0v) is 24.6. The van der Waals surface area contributed by atoms with Crippen LogP contribution in [0.1, 0.15) is 21.5 Å². The van der Waals surface area contributed by atoms with E-state index in [1.165, 1.54) is 34.0 Å². The molecule has 0 spiro atoms. The van der Waals surface area contributed by atoms with Gasteiger partial charge in [-0.05, 0) is 73.5 Å². The van der Waals surface area contributed by atoms with Crippen molar-refractivity contribution >= 4 is 60.7 Å². The van der Waals surface area contributed by atoms with Crippen LogP contribution in [-0.4, -0.2) is 63.5 Å². The van der Waals surface area contributed by atoms with Gasteiger partial charge in [-0.1, -0.05) is 23.5 Å². The lowest BCUT2D eigenvalue weighted by Gasteiger charge is -2.34. The summed E-state index contributed by atoms with van der Waals surface area (Å²) in [5.74, 6) is -0.801. The normalized spacial score (nSPS) is 14.1. The minimum atomic E-state index is -3.90. The number of hydrogen-bond donors (Lipinski definition) is 2. The van der Waals surface area contributed by atoms with Crippen molar-refractivity contribution in [2.75, 3.05) is 48.9 Å². The Kier molecular flexibility index (Phi) is 9.29. The number of amides is 1. The van der Waals surface area contributed by atoms with Gasteiger partial charge in [-0.2, -0.15) is 0 Å². The summed E-state index contributed by atoms with van der Waals surface area (Å²) in [5.41, 5.74) is 4.14. The molecule has 0 aliphatic carbocycles. The largest absolute Gasteiger partial charge is 0.351 e. The number of benzene rings is 3. The third-order valence-electron chi connectivity index (χ3n) is 6.68. The minimum Gasteiger partial charge on any atom is -0.351 e. The van der Waals surface area contributed by atoms with Crippen molar-refractivity contribution in [1.82, 2.24) is 15.2 Å². The van der Waals surface area contributed by atoms with Crippen LogP contribution in [0.15, 0.2) is 65.6 Å². The molecule has 40 heavy (non-hydrogen) atoms. The first-order valence-corrected chi connectivity index (χ1v) is 15.0. The van der Waals surface area contributed by atoms with E-state index in [4.69, 9.17) is 4.98 Å². The lowest BCUT2D eigenvalue weighted by Crippen LogP contribution is -2.48. The number of anilines is 2. The Hall–Kier alpha value is -3.25. The quantitative estimate of drug-likeness (QED) is 0.300. The molecule has 5 rings (SSSR count). The molecule has 1 aromatic heterocycles. The molecule has 4 aromatic rings. The van der Waals surface area contributed by atoms with Crippen LogP contribution >= 0.6 is 23.7 Å². The highest BCUT2D eigenvalue weighted by Crippen LogP contribution is 2.32. The molecule has 2 N–H and O–H groups in total. The second kappa shape index (κ2) is 12.5. The van der Waals surface area contributed by atoms with Gasteiger partial charge in [0.2, 0.25) is 0 Å². The van der Waals surface area contributed by atoms with Crippen molar-refractivity contribution in [3.63, 3.8) is 0 Å². The first-order valence-electron chi connectivity index (χ1n) is 12.7. The molecule has 212 valence electrons. The summed E-state index contributed by atoms with van der Waals surface area (Å²) in [6.45, 7) is 8.92. The Morgan fingerprint density at radius 2 is 1.75 bits per heavy atom. The van der Waals surface area contributed by atoms with E-state index in [0.717, 1.165) is 49.0 Å². The van der Waals surface area contributed by atoms with Gasteiger partial charge in [-0.15, -0.1) is 12.4 Å². The van der Waals surface area contributed by atoms with Crippen molar-refractivity contribution in [3.8, 4) is 0 Å². The first kappa shape index (κ1) is 29.7. The fraction of sp³-hybridized carbons (Fsp3) is 0.286. The molecule has 8 nitrogen and oxygen atoms in total. The molecule has 0 saturated carbocycles. The highest BCUT2D eigenvalue weighted by Gasteiger charge is 2.21. The minimum absolute atomic E-state index is 0. The first-order chi connectivity index (χ1) is 18.7. The zero-order chi connectivity index (χ0) is 27.6. The zero-order valence-electron chi connectivity index (χ0n) is 22.2. The van der Waals surface area contributed by atoms with Crippen molar-refractivity contribution in [2.24, 2.45) is 0 Å². The Morgan fingerprint density at radius 1 is 1.02 bits per heavy atom. The van der Waals surface area contributed by atoms with Crippen LogP contribution in [0.25, 0.3) is 10.2 Å². The Morgan fingerprint density at radius 3 is 2.48 bits per heavy atom. The number of hydrogen-bond acceptors (Lipinski definition) is 7. The molecule has 0 bridgehead atoms. The number of halogens is 2. The molecular weight excluding hydrogens is 573 g/mol. The summed E-state index contributed by atoms with van der Waals surface area (Å²) in [7, 11) is -3.90. The maximum Gasteiger partial charge on any atom is 0.261 e. The average Bonchev–Trinajstić information content (AvgIpc) is 3.34. The second-order valence-electron chi connectivity index (χ2n) is 9.65. The van der Waals surface area contributed by atoms with Gasteiger partial charge in [-0.25, -0.2) is 17.8 Å². The molecule has 0 radical (unpaired) electrons. The Labute approximate surface area is 243 Å². The molecule has 1 saturated heterocycles. The van der Waals surface area contributed by atoms with Crippen LogP contribution < -0.4 is 14.9 Å². The standard InChI is InChI=1S/C28H30FN5O3S2.ClH/c1-19-16-20(2)26-25(17-19)38-28(31-26)34-14-12-33(13-15-34)11-10-30-27(35)21-4-3-5-23(18-21)32-39(36,37)24-8-6-22(29)7-9-24;/h3-9,16-18,32H,10-15H2,1-2H3,(H,30,35);1H. The van der Waals surface area contributed by atoms with Gasteiger partial charge in [0, 0.05) is 50.5 Å². The summed E-state index contributed by atoms with van der Waals surface area (Å²) < 4.78 is 42.0. The number of piperazine rings is 1. The molecule has 1 amide bonds. The van der Waals surface area contributed by atoms with E-state index >= 15 is 0 Å². The molecule has 1 aliphatic heterocycles. The van der Waals surface area contributed by atoms with E-state index in [1.54, 1.807) is 29.5 Å². The lowest BCUT2D eigenvalue weighted by molar-refractivity contribution is 0.0948. The van der Waals surface area contributed by atoms with Crippen LogP contribution in [0.2, 0.25) is 0 Å². The number of aromatic nitrogens is 1. The fourth-order valence-corrected chi connectivity index (χ4v) is 6.88. The molecule has 1 fully saturated rings. The van der Waals surface area contributed by atoms with Crippen LogP contribution in [0.3, 0.4) is 0 Å². The van der Waals surface area contributed by atoms with Gasteiger partial charge in [0.05, 0.1) is 15.1 Å². The maximum atomic E-state index is 13.1. The van der Waals surface area contributed by atoms with Crippen LogP contribution in [-0.2, 0) is 10.0 Å². The van der Waals surface area contributed by atoms with Crippen molar-refractivity contribution < 1.29 is 17.6 Å². The fourth-order valence-electron chi connectivity index (χ4n) is 4.64. The van der Waals surface area contributed by atoms with Gasteiger partial charge in [0.25, 0.3) is 15.9 Å². The average molecular weight is 604 g/mol. The summed E-state index contributed by atoms with van der Waals surface area (Å²) in [6, 6.07) is 15.2. The summed E-state index contributed by atoms with van der Waals surface area (Å²) in [6.07, 6.45) is 0. The number of carbonyl (C=O) groups excluding carboxylic acids is 1. The second-order valence-corrected chi connectivity index (χ2v) is 12.3. The van der Waals surface area contributed by atoms with E-state index in [0.29, 0.717) is 18.7 Å². The monoisotopic (exact) mass is 603 g/mol. The number of carbonyl (C=O) groups is 1. The van der Waals surface area contributed by atoms with E-state index in [-0.39, 0.29) is 28.9 Å². The van der Waals surface area contributed by atoms with E-state index in [2.05, 4.69) is 45.8 Å². The highest BCUT2D eigenvalue weighted by molar-refractivity contribution is 7.92. The third-order valence-corrected chi connectivity index (χ3v) is 9.14.